The van der Waals surface area contributed by atoms with E-state index in [9.17, 15) is 4.79 Å². The number of hydrogen-bond acceptors (Lipinski definition) is 5. The van der Waals surface area contributed by atoms with E-state index >= 15 is 0 Å². The predicted octanol–water partition coefficient (Wildman–Crippen LogP) is 3.22. The second-order valence-corrected chi connectivity index (χ2v) is 5.68. The summed E-state index contributed by atoms with van der Waals surface area (Å²) in [4.78, 5) is 10.7. The van der Waals surface area contributed by atoms with Crippen LogP contribution >= 0.6 is 50.5 Å². The standard InChI is InChI=1S/C9H10OS4/c10-4-5-1-6(8(11)12)3-7(2-5)9(13)14/h1-4,8-9,11-14H. The first-order chi connectivity index (χ1) is 6.54. The molecule has 0 bridgehead atoms. The van der Waals surface area contributed by atoms with Crippen molar-refractivity contribution in [3.8, 4) is 0 Å². The molecule has 0 unspecified atom stereocenters. The number of hydrogen-bond donors (Lipinski definition) is 4. The van der Waals surface area contributed by atoms with Crippen molar-refractivity contribution in [3.05, 3.63) is 34.9 Å². The van der Waals surface area contributed by atoms with Gasteiger partial charge in [0.05, 0.1) is 9.16 Å². The summed E-state index contributed by atoms with van der Waals surface area (Å²) in [6.45, 7) is 0. The summed E-state index contributed by atoms with van der Waals surface area (Å²) in [5.74, 6) is 0. The van der Waals surface area contributed by atoms with Crippen molar-refractivity contribution in [2.24, 2.45) is 0 Å². The van der Waals surface area contributed by atoms with Crippen LogP contribution in [0.25, 0.3) is 0 Å². The molecule has 0 saturated heterocycles. The quantitative estimate of drug-likeness (QED) is 0.374. The van der Waals surface area contributed by atoms with Crippen LogP contribution in [0.15, 0.2) is 18.2 Å². The van der Waals surface area contributed by atoms with Crippen LogP contribution in [0.3, 0.4) is 0 Å². The van der Waals surface area contributed by atoms with Crippen molar-refractivity contribution in [1.29, 1.82) is 0 Å². The second-order valence-electron chi connectivity index (χ2n) is 2.80. The molecule has 0 aliphatic carbocycles. The first-order valence-corrected chi connectivity index (χ1v) is 5.93. The summed E-state index contributed by atoms with van der Waals surface area (Å²) < 4.78 is -0.400. The van der Waals surface area contributed by atoms with Crippen LogP contribution < -0.4 is 0 Å². The molecular formula is C9H10OS4. The van der Waals surface area contributed by atoms with E-state index in [1.165, 1.54) is 0 Å². The lowest BCUT2D eigenvalue weighted by Crippen LogP contribution is -1.92. The van der Waals surface area contributed by atoms with Gasteiger partial charge < -0.3 is 0 Å². The molecular weight excluding hydrogens is 252 g/mol. The Kier molecular flexibility index (Phi) is 4.76. The van der Waals surface area contributed by atoms with Gasteiger partial charge in [0.2, 0.25) is 0 Å². The van der Waals surface area contributed by atoms with E-state index in [2.05, 4.69) is 50.5 Å². The van der Waals surface area contributed by atoms with Gasteiger partial charge in [-0.3, -0.25) is 4.79 Å². The van der Waals surface area contributed by atoms with Crippen molar-refractivity contribution >= 4 is 56.8 Å². The van der Waals surface area contributed by atoms with Gasteiger partial charge in [-0.25, -0.2) is 0 Å². The van der Waals surface area contributed by atoms with Crippen LogP contribution in [-0.2, 0) is 0 Å². The molecule has 14 heavy (non-hydrogen) atoms. The summed E-state index contributed by atoms with van der Waals surface area (Å²) in [6, 6.07) is 5.40. The maximum absolute atomic E-state index is 10.7. The highest BCUT2D eigenvalue weighted by atomic mass is 32.2. The minimum Gasteiger partial charge on any atom is -0.298 e. The van der Waals surface area contributed by atoms with Gasteiger partial charge in [0.15, 0.2) is 0 Å². The lowest BCUT2D eigenvalue weighted by Gasteiger charge is -2.10. The first kappa shape index (κ1) is 12.4. The number of aldehydes is 1. The van der Waals surface area contributed by atoms with Gasteiger partial charge in [0, 0.05) is 5.56 Å². The van der Waals surface area contributed by atoms with Gasteiger partial charge in [-0.2, -0.15) is 50.5 Å². The number of benzene rings is 1. The third kappa shape index (κ3) is 3.15. The first-order valence-electron chi connectivity index (χ1n) is 3.87. The molecule has 0 heterocycles. The monoisotopic (exact) mass is 262 g/mol. The molecule has 0 amide bonds. The number of carbonyl (C=O) groups excluding carboxylic acids is 1. The van der Waals surface area contributed by atoms with E-state index in [0.717, 1.165) is 17.4 Å². The second kappa shape index (κ2) is 5.39. The highest BCUT2D eigenvalue weighted by Gasteiger charge is 2.08. The highest BCUT2D eigenvalue weighted by molar-refractivity contribution is 7.98. The molecule has 1 aromatic rings. The average molecular weight is 262 g/mol. The Bertz CT molecular complexity index is 309. The smallest absolute Gasteiger partial charge is 0.150 e. The summed E-state index contributed by atoms with van der Waals surface area (Å²) in [7, 11) is 0. The fraction of sp³-hybridized carbons (Fsp3) is 0.222. The highest BCUT2D eigenvalue weighted by Crippen LogP contribution is 2.30. The van der Waals surface area contributed by atoms with E-state index in [-0.39, 0.29) is 9.16 Å². The lowest BCUT2D eigenvalue weighted by molar-refractivity contribution is 0.112. The Morgan fingerprint density at radius 3 is 1.64 bits per heavy atom. The third-order valence-corrected chi connectivity index (χ3v) is 2.92. The Balaban J connectivity index is 3.20. The van der Waals surface area contributed by atoms with Gasteiger partial charge >= 0.3 is 0 Å². The Hall–Kier alpha value is 0.290. The molecule has 0 aliphatic rings. The maximum Gasteiger partial charge on any atom is 0.150 e. The fourth-order valence-corrected chi connectivity index (χ4v) is 1.66. The van der Waals surface area contributed by atoms with Gasteiger partial charge in [0.1, 0.15) is 6.29 Å². The summed E-state index contributed by atoms with van der Waals surface area (Å²) in [5, 5.41) is 0. The van der Waals surface area contributed by atoms with Crippen LogP contribution in [-0.4, -0.2) is 6.29 Å². The van der Waals surface area contributed by atoms with Crippen LogP contribution in [0.2, 0.25) is 0 Å². The molecule has 0 fully saturated rings. The van der Waals surface area contributed by atoms with Crippen LogP contribution in [0.4, 0.5) is 0 Å². The van der Waals surface area contributed by atoms with Gasteiger partial charge in [-0.05, 0) is 23.3 Å². The molecule has 0 aliphatic heterocycles. The molecule has 0 saturated carbocycles. The molecule has 0 N–H and O–H groups in total. The van der Waals surface area contributed by atoms with E-state index in [1.807, 2.05) is 6.07 Å². The van der Waals surface area contributed by atoms with Gasteiger partial charge in [-0.1, -0.05) is 6.07 Å². The zero-order valence-corrected chi connectivity index (χ0v) is 10.7. The molecule has 1 aromatic carbocycles. The molecule has 1 rings (SSSR count). The summed E-state index contributed by atoms with van der Waals surface area (Å²) >= 11 is 16.8. The van der Waals surface area contributed by atoms with Crippen molar-refractivity contribution in [2.45, 2.75) is 9.16 Å². The summed E-state index contributed by atoms with van der Waals surface area (Å²) in [6.07, 6.45) is 0.793. The van der Waals surface area contributed by atoms with Crippen molar-refractivity contribution in [3.63, 3.8) is 0 Å². The normalized spacial score (nSPS) is 11.0. The topological polar surface area (TPSA) is 17.1 Å². The number of carbonyl (C=O) groups is 1. The minimum absolute atomic E-state index is 0.200. The zero-order chi connectivity index (χ0) is 10.7. The predicted molar refractivity (Wildman–Crippen MR) is 73.3 cm³/mol. The van der Waals surface area contributed by atoms with Crippen LogP contribution in [0.5, 0.6) is 0 Å². The zero-order valence-electron chi connectivity index (χ0n) is 7.16. The SMILES string of the molecule is O=Cc1cc(C(S)S)cc(C(S)S)c1. The summed E-state index contributed by atoms with van der Waals surface area (Å²) in [5.41, 5.74) is 2.35. The Morgan fingerprint density at radius 1 is 0.929 bits per heavy atom. The van der Waals surface area contributed by atoms with E-state index in [1.54, 1.807) is 12.1 Å². The van der Waals surface area contributed by atoms with Crippen molar-refractivity contribution in [1.82, 2.24) is 0 Å². The van der Waals surface area contributed by atoms with E-state index < -0.39 is 0 Å². The molecule has 76 valence electrons. The minimum atomic E-state index is -0.200. The van der Waals surface area contributed by atoms with Crippen LogP contribution in [0, 0.1) is 0 Å². The van der Waals surface area contributed by atoms with E-state index in [4.69, 9.17) is 0 Å². The van der Waals surface area contributed by atoms with Crippen molar-refractivity contribution < 1.29 is 4.79 Å². The molecule has 0 atom stereocenters. The largest absolute Gasteiger partial charge is 0.298 e. The lowest BCUT2D eigenvalue weighted by atomic mass is 10.1. The van der Waals surface area contributed by atoms with Gasteiger partial charge in [-0.15, -0.1) is 0 Å². The van der Waals surface area contributed by atoms with E-state index in [0.29, 0.717) is 5.56 Å². The third-order valence-electron chi connectivity index (χ3n) is 1.73. The Labute approximate surface area is 105 Å². The van der Waals surface area contributed by atoms with Crippen molar-refractivity contribution in [2.75, 3.05) is 0 Å². The average Bonchev–Trinajstić information content (AvgIpc) is 2.16. The van der Waals surface area contributed by atoms with Crippen LogP contribution in [0.1, 0.15) is 30.6 Å². The molecule has 0 spiro atoms. The Morgan fingerprint density at radius 2 is 1.36 bits per heavy atom. The number of rotatable bonds is 3. The maximum atomic E-state index is 10.7. The molecule has 0 radical (unpaired) electrons. The molecule has 5 heteroatoms. The molecule has 0 aromatic heterocycles. The number of thiol groups is 4. The van der Waals surface area contributed by atoms with Gasteiger partial charge in [0.25, 0.3) is 0 Å². The fourth-order valence-electron chi connectivity index (χ4n) is 1.07. The molecule has 1 nitrogen and oxygen atoms in total.